The van der Waals surface area contributed by atoms with Crippen molar-refractivity contribution in [3.63, 3.8) is 0 Å². The molecule has 4 nitrogen and oxygen atoms in total. The van der Waals surface area contributed by atoms with Gasteiger partial charge in [-0.2, -0.15) is 0 Å². The predicted molar refractivity (Wildman–Crippen MR) is 136 cm³/mol. The number of hydrogen-bond donors (Lipinski definition) is 0. The summed E-state index contributed by atoms with van der Waals surface area (Å²) in [5.74, 6) is -0.0196. The number of ketones is 2. The number of fused-ring (bicyclic) bond motifs is 1. The van der Waals surface area contributed by atoms with Crippen molar-refractivity contribution in [3.8, 4) is 11.1 Å². The number of Topliss-reactive ketones (excluding diaryl/α,β-unsaturated/α-hetero) is 2. The van der Waals surface area contributed by atoms with Gasteiger partial charge in [-0.3, -0.25) is 19.0 Å². The molecule has 3 aromatic carbocycles. The van der Waals surface area contributed by atoms with Gasteiger partial charge in [0.15, 0.2) is 11.6 Å². The van der Waals surface area contributed by atoms with Crippen molar-refractivity contribution in [1.29, 1.82) is 0 Å². The van der Waals surface area contributed by atoms with Crippen molar-refractivity contribution in [3.05, 3.63) is 104 Å². The Morgan fingerprint density at radius 3 is 2.12 bits per heavy atom. The summed E-state index contributed by atoms with van der Waals surface area (Å²) >= 11 is 3.52. The minimum atomic E-state index is -0.206. The summed E-state index contributed by atoms with van der Waals surface area (Å²) < 4.78 is 2.43. The lowest BCUT2D eigenvalue weighted by Gasteiger charge is -2.19. The molecule has 4 rings (SSSR count). The van der Waals surface area contributed by atoms with E-state index < -0.39 is 0 Å². The summed E-state index contributed by atoms with van der Waals surface area (Å²) in [4.78, 5) is 38.9. The average molecular weight is 502 g/mol. The molecule has 0 atom stereocenters. The number of carbonyl (C=O) groups excluding carboxylic acids is 2. The number of rotatable bonds is 7. The van der Waals surface area contributed by atoms with Gasteiger partial charge in [-0.05, 0) is 34.7 Å². The highest BCUT2D eigenvalue weighted by atomic mass is 79.9. The lowest BCUT2D eigenvalue weighted by atomic mass is 9.94. The highest BCUT2D eigenvalue weighted by Gasteiger charge is 2.22. The number of halogens is 1. The van der Waals surface area contributed by atoms with Gasteiger partial charge in [0.05, 0.1) is 12.2 Å². The van der Waals surface area contributed by atoms with Gasteiger partial charge in [0.1, 0.15) is 0 Å². The van der Waals surface area contributed by atoms with Crippen molar-refractivity contribution < 1.29 is 9.59 Å². The average Bonchev–Trinajstić information content (AvgIpc) is 2.85. The van der Waals surface area contributed by atoms with Crippen LogP contribution in [-0.2, 0) is 6.54 Å². The molecule has 0 saturated carbocycles. The van der Waals surface area contributed by atoms with E-state index >= 15 is 0 Å². The van der Waals surface area contributed by atoms with E-state index in [0.29, 0.717) is 23.1 Å². The SMILES string of the molecule is CCC(=O)c1ccc(Cn2c(C(=O)CC)c(-c3ccccc3)c3cc(Br)ccc3c2=O)cc1. The third-order valence-electron chi connectivity index (χ3n) is 5.82. The molecule has 0 aliphatic carbocycles. The molecule has 0 N–H and O–H groups in total. The van der Waals surface area contributed by atoms with Crippen LogP contribution in [0.15, 0.2) is 82.1 Å². The van der Waals surface area contributed by atoms with E-state index in [4.69, 9.17) is 0 Å². The normalized spacial score (nSPS) is 11.0. The van der Waals surface area contributed by atoms with Crippen LogP contribution in [0.1, 0.15) is 53.1 Å². The maximum Gasteiger partial charge on any atom is 0.259 e. The first-order chi connectivity index (χ1) is 15.9. The summed E-state index contributed by atoms with van der Waals surface area (Å²) in [6, 6.07) is 22.5. The summed E-state index contributed by atoms with van der Waals surface area (Å²) in [5, 5.41) is 1.31. The lowest BCUT2D eigenvalue weighted by Crippen LogP contribution is -2.28. The van der Waals surface area contributed by atoms with Gasteiger partial charge in [-0.25, -0.2) is 0 Å². The van der Waals surface area contributed by atoms with Gasteiger partial charge in [0, 0.05) is 33.8 Å². The van der Waals surface area contributed by atoms with Crippen LogP contribution in [0.3, 0.4) is 0 Å². The van der Waals surface area contributed by atoms with Crippen LogP contribution in [0.4, 0.5) is 0 Å². The molecular weight excluding hydrogens is 478 g/mol. The molecule has 0 amide bonds. The summed E-state index contributed by atoms with van der Waals surface area (Å²) in [6.45, 7) is 3.88. The Morgan fingerprint density at radius 2 is 1.48 bits per heavy atom. The van der Waals surface area contributed by atoms with Crippen LogP contribution >= 0.6 is 15.9 Å². The van der Waals surface area contributed by atoms with Crippen LogP contribution in [0, 0.1) is 0 Å². The monoisotopic (exact) mass is 501 g/mol. The number of hydrogen-bond acceptors (Lipinski definition) is 3. The number of nitrogens with zero attached hydrogens (tertiary/aromatic N) is 1. The predicted octanol–water partition coefficient (Wildman–Crippen LogP) is 6.66. The van der Waals surface area contributed by atoms with E-state index in [2.05, 4.69) is 15.9 Å². The molecule has 0 bridgehead atoms. The quantitative estimate of drug-likeness (QED) is 0.266. The molecule has 0 aliphatic heterocycles. The Kier molecular flexibility index (Phi) is 6.70. The zero-order chi connectivity index (χ0) is 23.5. The second-order valence-electron chi connectivity index (χ2n) is 7.92. The highest BCUT2D eigenvalue weighted by molar-refractivity contribution is 9.10. The lowest BCUT2D eigenvalue weighted by molar-refractivity contribution is 0.0975. The van der Waals surface area contributed by atoms with E-state index in [1.807, 2.05) is 68.4 Å². The molecule has 0 unspecified atom stereocenters. The number of pyridine rings is 1. The zero-order valence-corrected chi connectivity index (χ0v) is 20.2. The van der Waals surface area contributed by atoms with Gasteiger partial charge >= 0.3 is 0 Å². The van der Waals surface area contributed by atoms with Crippen LogP contribution in [0.25, 0.3) is 21.9 Å². The van der Waals surface area contributed by atoms with Crippen LogP contribution < -0.4 is 5.56 Å². The number of carbonyl (C=O) groups is 2. The zero-order valence-electron chi connectivity index (χ0n) is 18.6. The summed E-state index contributed by atoms with van der Waals surface area (Å²) in [5.41, 5.74) is 3.35. The van der Waals surface area contributed by atoms with Crippen LogP contribution in [-0.4, -0.2) is 16.1 Å². The fourth-order valence-electron chi connectivity index (χ4n) is 4.11. The van der Waals surface area contributed by atoms with Crippen molar-refractivity contribution >= 4 is 38.3 Å². The number of benzene rings is 3. The molecule has 0 spiro atoms. The van der Waals surface area contributed by atoms with Crippen molar-refractivity contribution in [2.75, 3.05) is 0 Å². The first-order valence-electron chi connectivity index (χ1n) is 11.0. The Hall–Kier alpha value is -3.31. The van der Waals surface area contributed by atoms with Crippen molar-refractivity contribution in [2.24, 2.45) is 0 Å². The fourth-order valence-corrected chi connectivity index (χ4v) is 4.47. The molecule has 1 aromatic heterocycles. The largest absolute Gasteiger partial charge is 0.300 e. The Balaban J connectivity index is 2.00. The molecule has 4 aromatic rings. The molecule has 0 radical (unpaired) electrons. The molecular formula is C28H24BrNO3. The highest BCUT2D eigenvalue weighted by Crippen LogP contribution is 2.33. The van der Waals surface area contributed by atoms with Gasteiger partial charge in [-0.1, -0.05) is 84.4 Å². The smallest absolute Gasteiger partial charge is 0.259 e. The minimum absolute atomic E-state index is 0.0724. The second kappa shape index (κ2) is 9.67. The van der Waals surface area contributed by atoms with E-state index in [0.717, 1.165) is 26.5 Å². The first kappa shape index (κ1) is 22.9. The molecule has 166 valence electrons. The van der Waals surface area contributed by atoms with Crippen molar-refractivity contribution in [1.82, 2.24) is 4.57 Å². The number of aromatic nitrogens is 1. The van der Waals surface area contributed by atoms with E-state index in [-0.39, 0.29) is 30.1 Å². The van der Waals surface area contributed by atoms with E-state index in [9.17, 15) is 14.4 Å². The van der Waals surface area contributed by atoms with Gasteiger partial charge in [0.2, 0.25) is 0 Å². The fraction of sp³-hybridized carbons (Fsp3) is 0.179. The maximum absolute atomic E-state index is 13.6. The van der Waals surface area contributed by atoms with Crippen molar-refractivity contribution in [2.45, 2.75) is 33.2 Å². The van der Waals surface area contributed by atoms with E-state index in [1.165, 1.54) is 0 Å². The minimum Gasteiger partial charge on any atom is -0.300 e. The Morgan fingerprint density at radius 1 is 0.818 bits per heavy atom. The molecule has 0 saturated heterocycles. The molecule has 1 heterocycles. The molecule has 0 fully saturated rings. The van der Waals surface area contributed by atoms with Crippen LogP contribution in [0.2, 0.25) is 0 Å². The second-order valence-corrected chi connectivity index (χ2v) is 8.84. The van der Waals surface area contributed by atoms with Crippen LogP contribution in [0.5, 0.6) is 0 Å². The standard InChI is InChI=1S/C28H24BrNO3/c1-3-24(31)19-12-10-18(11-13-19)17-30-27(25(32)4-2)26(20-8-6-5-7-9-20)23-16-21(29)14-15-22(23)28(30)33/h5-16H,3-4,17H2,1-2H3. The van der Waals surface area contributed by atoms with Gasteiger partial charge in [-0.15, -0.1) is 0 Å². The van der Waals surface area contributed by atoms with Gasteiger partial charge < -0.3 is 0 Å². The Bertz CT molecular complexity index is 1400. The molecule has 5 heteroatoms. The first-order valence-corrected chi connectivity index (χ1v) is 11.8. The van der Waals surface area contributed by atoms with E-state index in [1.54, 1.807) is 22.8 Å². The third kappa shape index (κ3) is 4.46. The summed E-state index contributed by atoms with van der Waals surface area (Å²) in [6.07, 6.45) is 0.720. The molecule has 0 aliphatic rings. The third-order valence-corrected chi connectivity index (χ3v) is 6.31. The Labute approximate surface area is 201 Å². The maximum atomic E-state index is 13.6. The summed E-state index contributed by atoms with van der Waals surface area (Å²) in [7, 11) is 0. The molecule has 33 heavy (non-hydrogen) atoms. The topological polar surface area (TPSA) is 56.1 Å². The van der Waals surface area contributed by atoms with Gasteiger partial charge in [0.25, 0.3) is 5.56 Å².